The van der Waals surface area contributed by atoms with E-state index in [1.54, 1.807) is 0 Å². The van der Waals surface area contributed by atoms with Crippen molar-refractivity contribution in [3.63, 3.8) is 0 Å². The van der Waals surface area contributed by atoms with Crippen LogP contribution < -0.4 is 15.9 Å². The van der Waals surface area contributed by atoms with Crippen molar-refractivity contribution in [2.24, 2.45) is 0 Å². The van der Waals surface area contributed by atoms with Crippen LogP contribution in [0.2, 0.25) is 0 Å². The number of hydrogen-bond acceptors (Lipinski definition) is 2. The highest BCUT2D eigenvalue weighted by atomic mass is 31.1. The first-order valence-corrected chi connectivity index (χ1v) is 10.2. The number of pyridine rings is 1. The number of nitrogens with one attached hydrogen (secondary N) is 1. The second-order valence-electron chi connectivity index (χ2n) is 6.16. The molecule has 4 aromatic rings. The zero-order chi connectivity index (χ0) is 17.8. The average Bonchev–Trinajstić information content (AvgIpc) is 2.73. The molecule has 1 N–H and O–H groups in total. The maximum absolute atomic E-state index is 4.97. The van der Waals surface area contributed by atoms with Crippen molar-refractivity contribution >= 4 is 29.4 Å². The van der Waals surface area contributed by atoms with E-state index in [9.17, 15) is 0 Å². The molecule has 1 aromatic heterocycles. The van der Waals surface area contributed by atoms with E-state index in [1.165, 1.54) is 16.0 Å². The van der Waals surface area contributed by atoms with Crippen molar-refractivity contribution in [3.05, 3.63) is 103 Å². The van der Waals surface area contributed by atoms with E-state index in [4.69, 9.17) is 4.98 Å². The Labute approximate surface area is 155 Å². The highest BCUT2D eigenvalue weighted by Crippen LogP contribution is 2.47. The summed E-state index contributed by atoms with van der Waals surface area (Å²) in [5, 5.41) is 7.42. The van der Waals surface area contributed by atoms with Gasteiger partial charge >= 0.3 is 0 Å². The van der Waals surface area contributed by atoms with Gasteiger partial charge < -0.3 is 5.32 Å². The summed E-state index contributed by atoms with van der Waals surface area (Å²) in [4.78, 5) is 4.97. The Morgan fingerprint density at radius 2 is 1.27 bits per heavy atom. The zero-order valence-electron chi connectivity index (χ0n) is 14.7. The summed E-state index contributed by atoms with van der Waals surface area (Å²) in [7, 11) is 1.41. The van der Waals surface area contributed by atoms with Gasteiger partial charge in [-0.25, -0.2) is 0 Å². The summed E-state index contributed by atoms with van der Waals surface area (Å²) < 4.78 is 0. The molecule has 3 aromatic carbocycles. The van der Waals surface area contributed by atoms with Crippen LogP contribution in [0.5, 0.6) is 0 Å². The van der Waals surface area contributed by atoms with Gasteiger partial charge in [-0.2, -0.15) is 0 Å². The summed E-state index contributed by atoms with van der Waals surface area (Å²) >= 11 is 0. The molecule has 0 saturated carbocycles. The van der Waals surface area contributed by atoms with Gasteiger partial charge in [-0.15, -0.1) is 0 Å². The molecule has 0 fully saturated rings. The summed E-state index contributed by atoms with van der Waals surface area (Å²) in [6.45, 7) is 0. The van der Waals surface area contributed by atoms with Crippen molar-refractivity contribution in [2.45, 2.75) is 5.78 Å². The van der Waals surface area contributed by atoms with Gasteiger partial charge in [0.05, 0.1) is 17.0 Å². The first-order chi connectivity index (χ1) is 12.9. The minimum Gasteiger partial charge on any atom is -0.308 e. The Kier molecular flexibility index (Phi) is 5.06. The van der Waals surface area contributed by atoms with Crippen LogP contribution >= 0.6 is 7.92 Å². The number of fused-ring (bicyclic) bond motifs is 1. The van der Waals surface area contributed by atoms with E-state index in [0.29, 0.717) is 0 Å². The molecule has 0 spiro atoms. The van der Waals surface area contributed by atoms with Crippen LogP contribution in [0.15, 0.2) is 97.1 Å². The zero-order valence-corrected chi connectivity index (χ0v) is 15.6. The standard InChI is InChI=1S/C23H21N2P/c1-24-23(22-17-16-18-10-8-9-15-21(18)25-22)26(19-11-4-2-5-12-19)20-13-6-3-7-14-20/h2-17,23-24H,1H3. The van der Waals surface area contributed by atoms with Crippen molar-refractivity contribution < 1.29 is 0 Å². The van der Waals surface area contributed by atoms with Crippen molar-refractivity contribution in [3.8, 4) is 0 Å². The fraction of sp³-hybridized carbons (Fsp3) is 0.0870. The molecule has 0 amide bonds. The molecule has 1 atom stereocenters. The van der Waals surface area contributed by atoms with E-state index < -0.39 is 7.92 Å². The monoisotopic (exact) mass is 356 g/mol. The van der Waals surface area contributed by atoms with Crippen molar-refractivity contribution in [1.29, 1.82) is 0 Å². The van der Waals surface area contributed by atoms with E-state index in [0.717, 1.165) is 11.2 Å². The Bertz CT molecular complexity index is 947. The minimum absolute atomic E-state index is 0.152. The Morgan fingerprint density at radius 1 is 0.692 bits per heavy atom. The smallest absolute Gasteiger partial charge is 0.0777 e. The van der Waals surface area contributed by atoms with Gasteiger partial charge in [0.25, 0.3) is 0 Å². The molecule has 128 valence electrons. The fourth-order valence-electron chi connectivity index (χ4n) is 3.27. The SMILES string of the molecule is CNC(c1ccc2ccccc2n1)P(c1ccccc1)c1ccccc1. The molecule has 4 rings (SSSR count). The average molecular weight is 356 g/mol. The maximum atomic E-state index is 4.97. The molecule has 0 aliphatic heterocycles. The van der Waals surface area contributed by atoms with Crippen LogP contribution in [0.3, 0.4) is 0 Å². The van der Waals surface area contributed by atoms with Gasteiger partial charge in [0.1, 0.15) is 0 Å². The molecule has 0 aliphatic carbocycles. The number of hydrogen-bond donors (Lipinski definition) is 1. The first-order valence-electron chi connectivity index (χ1n) is 8.79. The van der Waals surface area contributed by atoms with Crippen LogP contribution in [0.1, 0.15) is 11.5 Å². The predicted molar refractivity (Wildman–Crippen MR) is 113 cm³/mol. The lowest BCUT2D eigenvalue weighted by molar-refractivity contribution is 0.766. The van der Waals surface area contributed by atoms with Gasteiger partial charge in [0.15, 0.2) is 0 Å². The molecule has 3 heteroatoms. The molecule has 2 nitrogen and oxygen atoms in total. The summed E-state index contributed by atoms with van der Waals surface area (Å²) in [6.07, 6.45) is 0. The van der Waals surface area contributed by atoms with E-state index in [2.05, 4.69) is 96.3 Å². The van der Waals surface area contributed by atoms with Gasteiger partial charge in [-0.05, 0) is 37.7 Å². The molecular formula is C23H21N2P. The van der Waals surface area contributed by atoms with Crippen molar-refractivity contribution in [2.75, 3.05) is 7.05 Å². The van der Waals surface area contributed by atoms with Crippen LogP contribution in [0.25, 0.3) is 10.9 Å². The van der Waals surface area contributed by atoms with Gasteiger partial charge in [0, 0.05) is 5.39 Å². The quantitative estimate of drug-likeness (QED) is 0.529. The summed E-state index contributed by atoms with van der Waals surface area (Å²) in [5.41, 5.74) is 2.13. The number of para-hydroxylation sites is 1. The Morgan fingerprint density at radius 3 is 1.88 bits per heavy atom. The van der Waals surface area contributed by atoms with Gasteiger partial charge in [0.2, 0.25) is 0 Å². The Balaban J connectivity index is 1.84. The van der Waals surface area contributed by atoms with E-state index in [-0.39, 0.29) is 5.78 Å². The second kappa shape index (κ2) is 7.78. The van der Waals surface area contributed by atoms with Gasteiger partial charge in [-0.3, -0.25) is 4.98 Å². The molecule has 0 bridgehead atoms. The normalized spacial score (nSPS) is 12.4. The highest BCUT2D eigenvalue weighted by Gasteiger charge is 2.26. The lowest BCUT2D eigenvalue weighted by Crippen LogP contribution is -2.25. The number of rotatable bonds is 5. The third kappa shape index (κ3) is 3.39. The minimum atomic E-state index is -0.620. The molecule has 1 unspecified atom stereocenters. The van der Waals surface area contributed by atoms with Crippen LogP contribution in [-0.2, 0) is 0 Å². The number of nitrogens with zero attached hydrogens (tertiary/aromatic N) is 1. The second-order valence-corrected chi connectivity index (χ2v) is 8.45. The summed E-state index contributed by atoms with van der Waals surface area (Å²) in [6, 6.07) is 34.2. The van der Waals surface area contributed by atoms with E-state index >= 15 is 0 Å². The topological polar surface area (TPSA) is 24.9 Å². The number of aromatic nitrogens is 1. The first kappa shape index (κ1) is 16.9. The van der Waals surface area contributed by atoms with Gasteiger partial charge in [-0.1, -0.05) is 84.9 Å². The van der Waals surface area contributed by atoms with E-state index in [1.807, 2.05) is 13.1 Å². The van der Waals surface area contributed by atoms with Crippen LogP contribution in [0.4, 0.5) is 0 Å². The number of benzene rings is 3. The molecule has 0 aliphatic rings. The molecule has 0 saturated heterocycles. The summed E-state index contributed by atoms with van der Waals surface area (Å²) in [5.74, 6) is 0.152. The predicted octanol–water partition coefficient (Wildman–Crippen LogP) is 4.59. The highest BCUT2D eigenvalue weighted by molar-refractivity contribution is 7.73. The Hall–Kier alpha value is -2.54. The molecule has 26 heavy (non-hydrogen) atoms. The molecule has 1 heterocycles. The van der Waals surface area contributed by atoms with Crippen LogP contribution in [0, 0.1) is 0 Å². The third-order valence-electron chi connectivity index (χ3n) is 4.50. The lowest BCUT2D eigenvalue weighted by Gasteiger charge is -2.28. The largest absolute Gasteiger partial charge is 0.308 e. The molecular weight excluding hydrogens is 335 g/mol. The lowest BCUT2D eigenvalue weighted by atomic mass is 10.2. The maximum Gasteiger partial charge on any atom is 0.0777 e. The molecule has 0 radical (unpaired) electrons. The fourth-order valence-corrected chi connectivity index (χ4v) is 5.82. The van der Waals surface area contributed by atoms with Crippen molar-refractivity contribution in [1.82, 2.24) is 10.3 Å². The van der Waals surface area contributed by atoms with Crippen LogP contribution in [-0.4, -0.2) is 12.0 Å². The third-order valence-corrected chi connectivity index (χ3v) is 7.25.